The smallest absolute Gasteiger partial charge is 0.321 e. The number of para-hydroxylation sites is 1. The van der Waals surface area contributed by atoms with Crippen LogP contribution >= 0.6 is 0 Å². The number of ether oxygens (including phenoxy) is 1. The zero-order chi connectivity index (χ0) is 22.2. The highest BCUT2D eigenvalue weighted by atomic mass is 16.5. The van der Waals surface area contributed by atoms with Crippen molar-refractivity contribution in [2.45, 2.75) is 39.2 Å². The van der Waals surface area contributed by atoms with Gasteiger partial charge in [0.05, 0.1) is 5.92 Å². The molecule has 0 saturated carbocycles. The van der Waals surface area contributed by atoms with Gasteiger partial charge in [-0.15, -0.1) is 0 Å². The third-order valence-corrected chi connectivity index (χ3v) is 5.43. The van der Waals surface area contributed by atoms with Crippen LogP contribution in [0.15, 0.2) is 54.6 Å². The third kappa shape index (κ3) is 6.31. The monoisotopic (exact) mass is 423 g/mol. The van der Waals surface area contributed by atoms with Crippen molar-refractivity contribution in [1.82, 2.24) is 4.90 Å². The lowest BCUT2D eigenvalue weighted by Gasteiger charge is -2.31. The Kier molecular flexibility index (Phi) is 7.65. The quantitative estimate of drug-likeness (QED) is 0.686. The van der Waals surface area contributed by atoms with Crippen molar-refractivity contribution in [3.8, 4) is 0 Å². The molecule has 0 unspecified atom stereocenters. The van der Waals surface area contributed by atoms with Gasteiger partial charge in [-0.1, -0.05) is 37.3 Å². The molecule has 0 aromatic heterocycles. The summed E-state index contributed by atoms with van der Waals surface area (Å²) in [6, 6.07) is 16.6. The Morgan fingerprint density at radius 2 is 1.58 bits per heavy atom. The predicted octanol–water partition coefficient (Wildman–Crippen LogP) is 4.06. The van der Waals surface area contributed by atoms with E-state index in [-0.39, 0.29) is 17.9 Å². The summed E-state index contributed by atoms with van der Waals surface area (Å²) in [6.45, 7) is 4.55. The van der Waals surface area contributed by atoms with Crippen molar-refractivity contribution in [3.63, 3.8) is 0 Å². The molecule has 1 saturated heterocycles. The molecule has 1 atom stereocenters. The lowest BCUT2D eigenvalue weighted by molar-refractivity contribution is -0.158. The molecule has 0 aliphatic carbocycles. The molecule has 164 valence electrons. The molecule has 7 nitrogen and oxygen atoms in total. The largest absolute Gasteiger partial charge is 0.452 e. The Morgan fingerprint density at radius 3 is 2.19 bits per heavy atom. The zero-order valence-corrected chi connectivity index (χ0v) is 18.0. The normalized spacial score (nSPS) is 15.1. The van der Waals surface area contributed by atoms with Crippen LogP contribution in [0.4, 0.5) is 16.2 Å². The number of anilines is 2. The number of nitrogens with one attached hydrogen (secondary N) is 2. The van der Waals surface area contributed by atoms with E-state index in [4.69, 9.17) is 4.74 Å². The van der Waals surface area contributed by atoms with E-state index in [1.807, 2.05) is 54.6 Å². The average Bonchev–Trinajstić information content (AvgIpc) is 2.80. The first-order valence-electron chi connectivity index (χ1n) is 10.7. The van der Waals surface area contributed by atoms with Crippen LogP contribution < -0.4 is 10.6 Å². The Morgan fingerprint density at radius 1 is 0.968 bits per heavy atom. The molecule has 1 fully saturated rings. The van der Waals surface area contributed by atoms with E-state index in [1.165, 1.54) is 5.56 Å². The van der Waals surface area contributed by atoms with Gasteiger partial charge in [-0.25, -0.2) is 4.79 Å². The number of hydrogen-bond donors (Lipinski definition) is 2. The molecule has 0 radical (unpaired) electrons. The number of nitrogens with zero attached hydrogens (tertiary/aromatic N) is 1. The first-order valence-corrected chi connectivity index (χ1v) is 10.7. The van der Waals surface area contributed by atoms with Gasteiger partial charge in [0.15, 0.2) is 6.10 Å². The van der Waals surface area contributed by atoms with Crippen LogP contribution in [0.3, 0.4) is 0 Å². The molecule has 3 amide bonds. The highest BCUT2D eigenvalue weighted by Gasteiger charge is 2.30. The van der Waals surface area contributed by atoms with Gasteiger partial charge in [0, 0.05) is 24.5 Å². The molecule has 1 heterocycles. The van der Waals surface area contributed by atoms with Crippen LogP contribution in [0.5, 0.6) is 0 Å². The molecule has 31 heavy (non-hydrogen) atoms. The maximum absolute atomic E-state index is 12.5. The van der Waals surface area contributed by atoms with E-state index < -0.39 is 12.1 Å². The molecule has 2 aromatic rings. The molecule has 3 rings (SSSR count). The van der Waals surface area contributed by atoms with E-state index in [2.05, 4.69) is 17.6 Å². The highest BCUT2D eigenvalue weighted by Crippen LogP contribution is 2.21. The number of carbonyl (C=O) groups is 3. The van der Waals surface area contributed by atoms with Crippen molar-refractivity contribution in [2.24, 2.45) is 5.92 Å². The van der Waals surface area contributed by atoms with Crippen LogP contribution in [-0.4, -0.2) is 42.0 Å². The zero-order valence-electron chi connectivity index (χ0n) is 18.0. The standard InChI is InChI=1S/C24H29N3O4/c1-3-18-9-11-21(12-10-18)25-22(28)17(2)31-23(29)19-13-15-27(16-14-19)24(30)26-20-7-5-4-6-8-20/h4-12,17,19H,3,13-16H2,1-2H3,(H,25,28)(H,26,30)/t17-/m1/s1. The van der Waals surface area contributed by atoms with Gasteiger partial charge in [0.1, 0.15) is 0 Å². The summed E-state index contributed by atoms with van der Waals surface area (Å²) in [4.78, 5) is 38.9. The van der Waals surface area contributed by atoms with Crippen LogP contribution in [0.25, 0.3) is 0 Å². The number of aryl methyl sites for hydroxylation is 1. The number of esters is 1. The third-order valence-electron chi connectivity index (χ3n) is 5.43. The summed E-state index contributed by atoms with van der Waals surface area (Å²) in [5.41, 5.74) is 2.59. The number of amides is 3. The Hall–Kier alpha value is -3.35. The van der Waals surface area contributed by atoms with Crippen LogP contribution in [0, 0.1) is 5.92 Å². The Balaban J connectivity index is 1.43. The maximum Gasteiger partial charge on any atom is 0.321 e. The fourth-order valence-electron chi connectivity index (χ4n) is 3.43. The summed E-state index contributed by atoms with van der Waals surface area (Å²) in [5, 5.41) is 5.62. The number of benzene rings is 2. The number of hydrogen-bond acceptors (Lipinski definition) is 4. The van der Waals surface area contributed by atoms with Crippen molar-refractivity contribution >= 4 is 29.3 Å². The molecule has 1 aliphatic rings. The maximum atomic E-state index is 12.5. The van der Waals surface area contributed by atoms with Gasteiger partial charge in [0.25, 0.3) is 5.91 Å². The number of piperidine rings is 1. The van der Waals surface area contributed by atoms with E-state index >= 15 is 0 Å². The first-order chi connectivity index (χ1) is 15.0. The van der Waals surface area contributed by atoms with Crippen LogP contribution in [0.2, 0.25) is 0 Å². The van der Waals surface area contributed by atoms with Gasteiger partial charge in [-0.2, -0.15) is 0 Å². The minimum atomic E-state index is -0.891. The number of carbonyl (C=O) groups excluding carboxylic acids is 3. The van der Waals surface area contributed by atoms with Crippen molar-refractivity contribution in [3.05, 3.63) is 60.2 Å². The Labute approximate surface area is 182 Å². The van der Waals surface area contributed by atoms with E-state index in [0.29, 0.717) is 31.6 Å². The fraction of sp³-hybridized carbons (Fsp3) is 0.375. The van der Waals surface area contributed by atoms with E-state index in [1.54, 1.807) is 11.8 Å². The summed E-state index contributed by atoms with van der Waals surface area (Å²) in [6.07, 6.45) is 1.05. The summed E-state index contributed by atoms with van der Waals surface area (Å²) in [5.74, 6) is -1.08. The van der Waals surface area contributed by atoms with Crippen LogP contribution in [-0.2, 0) is 20.7 Å². The van der Waals surface area contributed by atoms with Gasteiger partial charge >= 0.3 is 12.0 Å². The van der Waals surface area contributed by atoms with E-state index in [9.17, 15) is 14.4 Å². The topological polar surface area (TPSA) is 87.7 Å². The van der Waals surface area contributed by atoms with Gasteiger partial charge in [-0.3, -0.25) is 9.59 Å². The van der Waals surface area contributed by atoms with E-state index in [0.717, 1.165) is 12.1 Å². The van der Waals surface area contributed by atoms with Crippen molar-refractivity contribution < 1.29 is 19.1 Å². The summed E-state index contributed by atoms with van der Waals surface area (Å²) >= 11 is 0. The minimum Gasteiger partial charge on any atom is -0.452 e. The lowest BCUT2D eigenvalue weighted by Crippen LogP contribution is -2.43. The summed E-state index contributed by atoms with van der Waals surface area (Å²) < 4.78 is 5.39. The number of likely N-dealkylation sites (tertiary alicyclic amines) is 1. The van der Waals surface area contributed by atoms with Crippen molar-refractivity contribution in [1.29, 1.82) is 0 Å². The second-order valence-electron chi connectivity index (χ2n) is 7.68. The van der Waals surface area contributed by atoms with Gasteiger partial charge < -0.3 is 20.3 Å². The second-order valence-corrected chi connectivity index (χ2v) is 7.68. The molecule has 2 aromatic carbocycles. The van der Waals surface area contributed by atoms with Crippen LogP contribution in [0.1, 0.15) is 32.3 Å². The molecular formula is C24H29N3O4. The first kappa shape index (κ1) is 22.3. The van der Waals surface area contributed by atoms with Gasteiger partial charge in [0.2, 0.25) is 0 Å². The highest BCUT2D eigenvalue weighted by molar-refractivity contribution is 5.95. The number of rotatable bonds is 6. The minimum absolute atomic E-state index is 0.181. The number of urea groups is 1. The second kappa shape index (κ2) is 10.6. The molecule has 1 aliphatic heterocycles. The van der Waals surface area contributed by atoms with Crippen molar-refractivity contribution in [2.75, 3.05) is 23.7 Å². The molecule has 7 heteroatoms. The Bertz CT molecular complexity index is 891. The molecule has 0 bridgehead atoms. The molecular weight excluding hydrogens is 394 g/mol. The lowest BCUT2D eigenvalue weighted by atomic mass is 9.97. The molecule has 2 N–H and O–H groups in total. The SMILES string of the molecule is CCc1ccc(NC(=O)[C@@H](C)OC(=O)C2CCN(C(=O)Nc3ccccc3)CC2)cc1. The summed E-state index contributed by atoms with van der Waals surface area (Å²) in [7, 11) is 0. The predicted molar refractivity (Wildman–Crippen MR) is 120 cm³/mol. The average molecular weight is 424 g/mol. The molecule has 0 spiro atoms. The fourth-order valence-corrected chi connectivity index (χ4v) is 3.43. The van der Waals surface area contributed by atoms with Gasteiger partial charge in [-0.05, 0) is 56.0 Å².